The molecule has 0 N–H and O–H groups in total. The average Bonchev–Trinajstić information content (AvgIpc) is 2.43. The van der Waals surface area contributed by atoms with Crippen LogP contribution in [-0.2, 0) is 4.74 Å². The summed E-state index contributed by atoms with van der Waals surface area (Å²) in [5.74, 6) is 1.47. The standard InChI is InChI=1S/C11H14O/c1-8-4-9-2-3-11(9)7-12-6-10(11)5-8/h2-4,9-10H,5-7H2,1H3. The molecular weight excluding hydrogens is 148 g/mol. The first-order chi connectivity index (χ1) is 5.81. The van der Waals surface area contributed by atoms with Crippen LogP contribution in [0.25, 0.3) is 0 Å². The molecule has 12 heavy (non-hydrogen) atoms. The second-order valence-corrected chi connectivity index (χ2v) is 4.43. The van der Waals surface area contributed by atoms with Crippen molar-refractivity contribution in [3.05, 3.63) is 23.8 Å². The van der Waals surface area contributed by atoms with E-state index in [1.165, 1.54) is 6.42 Å². The lowest BCUT2D eigenvalue weighted by atomic mass is 9.57. The molecule has 0 saturated carbocycles. The van der Waals surface area contributed by atoms with Crippen molar-refractivity contribution in [2.45, 2.75) is 13.3 Å². The lowest BCUT2D eigenvalue weighted by Gasteiger charge is -2.45. The van der Waals surface area contributed by atoms with Crippen molar-refractivity contribution in [3.8, 4) is 0 Å². The maximum absolute atomic E-state index is 5.58. The maximum atomic E-state index is 5.58. The molecule has 1 heteroatoms. The van der Waals surface area contributed by atoms with Crippen molar-refractivity contribution < 1.29 is 4.74 Å². The number of allylic oxidation sites excluding steroid dienone is 3. The Balaban J connectivity index is 2.04. The topological polar surface area (TPSA) is 9.23 Å². The molecule has 1 nitrogen and oxygen atoms in total. The summed E-state index contributed by atoms with van der Waals surface area (Å²) in [4.78, 5) is 0. The van der Waals surface area contributed by atoms with Crippen LogP contribution in [0.3, 0.4) is 0 Å². The third-order valence-corrected chi connectivity index (χ3v) is 3.70. The van der Waals surface area contributed by atoms with Crippen LogP contribution in [0, 0.1) is 17.3 Å². The summed E-state index contributed by atoms with van der Waals surface area (Å²) in [6, 6.07) is 0. The summed E-state index contributed by atoms with van der Waals surface area (Å²) in [6.07, 6.45) is 8.37. The fourth-order valence-electron chi connectivity index (χ4n) is 2.88. The molecule has 1 saturated heterocycles. The Morgan fingerprint density at radius 2 is 2.50 bits per heavy atom. The van der Waals surface area contributed by atoms with Crippen LogP contribution in [-0.4, -0.2) is 13.2 Å². The van der Waals surface area contributed by atoms with Gasteiger partial charge in [-0.1, -0.05) is 23.8 Å². The highest BCUT2D eigenvalue weighted by Crippen LogP contribution is 2.55. The van der Waals surface area contributed by atoms with E-state index in [4.69, 9.17) is 4.74 Å². The van der Waals surface area contributed by atoms with Gasteiger partial charge in [-0.2, -0.15) is 0 Å². The highest BCUT2D eigenvalue weighted by Gasteiger charge is 2.52. The quantitative estimate of drug-likeness (QED) is 0.496. The first-order valence-electron chi connectivity index (χ1n) is 4.76. The molecule has 1 aliphatic heterocycles. The zero-order valence-corrected chi connectivity index (χ0v) is 7.42. The Labute approximate surface area is 73.1 Å². The van der Waals surface area contributed by atoms with E-state index in [-0.39, 0.29) is 0 Å². The Morgan fingerprint density at radius 3 is 3.25 bits per heavy atom. The van der Waals surface area contributed by atoms with Gasteiger partial charge >= 0.3 is 0 Å². The van der Waals surface area contributed by atoms with Crippen LogP contribution >= 0.6 is 0 Å². The molecule has 0 aromatic heterocycles. The fourth-order valence-corrected chi connectivity index (χ4v) is 2.88. The van der Waals surface area contributed by atoms with Crippen LogP contribution in [0.5, 0.6) is 0 Å². The first-order valence-corrected chi connectivity index (χ1v) is 4.76. The maximum Gasteiger partial charge on any atom is 0.0569 e. The summed E-state index contributed by atoms with van der Waals surface area (Å²) < 4.78 is 5.58. The van der Waals surface area contributed by atoms with E-state index in [0.29, 0.717) is 11.3 Å². The van der Waals surface area contributed by atoms with Crippen LogP contribution in [0.4, 0.5) is 0 Å². The van der Waals surface area contributed by atoms with Gasteiger partial charge < -0.3 is 4.74 Å². The molecule has 0 aromatic rings. The molecule has 1 heterocycles. The minimum atomic E-state index is 0.430. The highest BCUT2D eigenvalue weighted by molar-refractivity contribution is 5.32. The zero-order chi connectivity index (χ0) is 8.18. The minimum absolute atomic E-state index is 0.430. The molecule has 0 radical (unpaired) electrons. The second-order valence-electron chi connectivity index (χ2n) is 4.43. The van der Waals surface area contributed by atoms with Crippen LogP contribution in [0.15, 0.2) is 23.8 Å². The second kappa shape index (κ2) is 2.02. The summed E-state index contributed by atoms with van der Waals surface area (Å²) in [7, 11) is 0. The average molecular weight is 162 g/mol. The van der Waals surface area contributed by atoms with E-state index in [0.717, 1.165) is 19.1 Å². The van der Waals surface area contributed by atoms with Crippen molar-refractivity contribution in [3.63, 3.8) is 0 Å². The lowest BCUT2D eigenvalue weighted by molar-refractivity contribution is 0.147. The summed E-state index contributed by atoms with van der Waals surface area (Å²) >= 11 is 0. The van der Waals surface area contributed by atoms with Gasteiger partial charge in [-0.3, -0.25) is 0 Å². The van der Waals surface area contributed by atoms with Gasteiger partial charge in [0.15, 0.2) is 0 Å². The SMILES string of the molecule is CC1=CC2C=CC23COCC3C1. The molecule has 0 aromatic carbocycles. The van der Waals surface area contributed by atoms with Crippen LogP contribution in [0.1, 0.15) is 13.3 Å². The normalized spacial score (nSPS) is 49.2. The summed E-state index contributed by atoms with van der Waals surface area (Å²) in [5, 5.41) is 0. The van der Waals surface area contributed by atoms with E-state index in [1.54, 1.807) is 5.57 Å². The molecule has 1 spiro atoms. The third kappa shape index (κ3) is 0.639. The van der Waals surface area contributed by atoms with E-state index >= 15 is 0 Å². The summed E-state index contributed by atoms with van der Waals surface area (Å²) in [5.41, 5.74) is 1.98. The molecule has 0 bridgehead atoms. The number of ether oxygens (including phenoxy) is 1. The van der Waals surface area contributed by atoms with Gasteiger partial charge in [0.25, 0.3) is 0 Å². The predicted octanol–water partition coefficient (Wildman–Crippen LogP) is 2.16. The van der Waals surface area contributed by atoms with Gasteiger partial charge in [0.05, 0.1) is 13.2 Å². The van der Waals surface area contributed by atoms with Gasteiger partial charge in [-0.25, -0.2) is 0 Å². The molecule has 3 aliphatic rings. The van der Waals surface area contributed by atoms with Crippen molar-refractivity contribution in [1.29, 1.82) is 0 Å². The fraction of sp³-hybridized carbons (Fsp3) is 0.636. The van der Waals surface area contributed by atoms with Crippen molar-refractivity contribution in [2.75, 3.05) is 13.2 Å². The van der Waals surface area contributed by atoms with Gasteiger partial charge in [0.2, 0.25) is 0 Å². The number of hydrogen-bond donors (Lipinski definition) is 0. The molecule has 0 amide bonds. The van der Waals surface area contributed by atoms with E-state index in [2.05, 4.69) is 25.2 Å². The molecule has 3 atom stereocenters. The smallest absolute Gasteiger partial charge is 0.0569 e. The van der Waals surface area contributed by atoms with Crippen molar-refractivity contribution in [1.82, 2.24) is 0 Å². The molecular formula is C11H14O. The Morgan fingerprint density at radius 1 is 1.58 bits per heavy atom. The van der Waals surface area contributed by atoms with E-state index in [9.17, 15) is 0 Å². The van der Waals surface area contributed by atoms with Crippen molar-refractivity contribution >= 4 is 0 Å². The molecule has 2 aliphatic carbocycles. The Kier molecular flexibility index (Phi) is 1.16. The van der Waals surface area contributed by atoms with Gasteiger partial charge in [0.1, 0.15) is 0 Å². The molecule has 1 fully saturated rings. The monoisotopic (exact) mass is 162 g/mol. The number of rotatable bonds is 0. The molecule has 3 rings (SSSR count). The van der Waals surface area contributed by atoms with Crippen LogP contribution in [0.2, 0.25) is 0 Å². The summed E-state index contributed by atoms with van der Waals surface area (Å²) in [6.45, 7) is 4.18. The molecule has 3 unspecified atom stereocenters. The van der Waals surface area contributed by atoms with Crippen molar-refractivity contribution in [2.24, 2.45) is 17.3 Å². The third-order valence-electron chi connectivity index (χ3n) is 3.70. The van der Waals surface area contributed by atoms with Gasteiger partial charge in [0, 0.05) is 11.3 Å². The number of hydrogen-bond acceptors (Lipinski definition) is 1. The Bertz CT molecular complexity index is 277. The Hall–Kier alpha value is -0.560. The zero-order valence-electron chi connectivity index (χ0n) is 7.42. The largest absolute Gasteiger partial charge is 0.380 e. The first kappa shape index (κ1) is 6.90. The van der Waals surface area contributed by atoms with E-state index in [1.807, 2.05) is 0 Å². The molecule has 64 valence electrons. The van der Waals surface area contributed by atoms with Gasteiger partial charge in [-0.05, 0) is 19.3 Å². The van der Waals surface area contributed by atoms with E-state index < -0.39 is 0 Å². The van der Waals surface area contributed by atoms with Gasteiger partial charge in [-0.15, -0.1) is 0 Å². The lowest BCUT2D eigenvalue weighted by Crippen LogP contribution is -2.42. The predicted molar refractivity (Wildman–Crippen MR) is 47.7 cm³/mol. The highest BCUT2D eigenvalue weighted by atomic mass is 16.5. The minimum Gasteiger partial charge on any atom is -0.380 e. The van der Waals surface area contributed by atoms with Crippen LogP contribution < -0.4 is 0 Å².